The Morgan fingerprint density at radius 3 is 2.81 bits per heavy atom. The number of piperidine rings is 1. The van der Waals surface area contributed by atoms with Crippen LogP contribution in [-0.2, 0) is 4.74 Å². The molecule has 16 heavy (non-hydrogen) atoms. The molecule has 0 amide bonds. The second-order valence-electron chi connectivity index (χ2n) is 5.07. The van der Waals surface area contributed by atoms with Gasteiger partial charge in [-0.05, 0) is 50.6 Å². The van der Waals surface area contributed by atoms with E-state index < -0.39 is 0 Å². The zero-order valence-electron chi connectivity index (χ0n) is 10.1. The Kier molecular flexibility index (Phi) is 6.66. The average Bonchev–Trinajstić information content (AvgIpc) is 2.71. The Morgan fingerprint density at radius 1 is 1.25 bits per heavy atom. The van der Waals surface area contributed by atoms with E-state index in [2.05, 4.69) is 4.90 Å². The highest BCUT2D eigenvalue weighted by molar-refractivity contribution is 5.85. The summed E-state index contributed by atoms with van der Waals surface area (Å²) in [6.45, 7) is 6.63. The Bertz CT molecular complexity index is 184. The summed E-state index contributed by atoms with van der Waals surface area (Å²) in [5, 5.41) is 0. The molecular formula is C12H25ClN2O. The van der Waals surface area contributed by atoms with Crippen molar-refractivity contribution in [1.29, 1.82) is 0 Å². The van der Waals surface area contributed by atoms with Crippen LogP contribution in [0.2, 0.25) is 0 Å². The first-order valence-corrected chi connectivity index (χ1v) is 6.38. The fraction of sp³-hybridized carbons (Fsp3) is 1.00. The van der Waals surface area contributed by atoms with Gasteiger partial charge in [0.15, 0.2) is 0 Å². The SMILES string of the molecule is Cl.NCCC1CCCN(CC2CCOC2)C1. The van der Waals surface area contributed by atoms with Gasteiger partial charge in [0.1, 0.15) is 0 Å². The Hall–Kier alpha value is 0.170. The van der Waals surface area contributed by atoms with E-state index >= 15 is 0 Å². The number of nitrogens with zero attached hydrogens (tertiary/aromatic N) is 1. The van der Waals surface area contributed by atoms with Crippen LogP contribution in [0.25, 0.3) is 0 Å². The topological polar surface area (TPSA) is 38.5 Å². The quantitative estimate of drug-likeness (QED) is 0.820. The summed E-state index contributed by atoms with van der Waals surface area (Å²) in [5.41, 5.74) is 5.63. The maximum Gasteiger partial charge on any atom is 0.0507 e. The molecule has 0 bridgehead atoms. The lowest BCUT2D eigenvalue weighted by atomic mass is 9.94. The molecule has 0 aromatic heterocycles. The molecular weight excluding hydrogens is 224 g/mol. The molecule has 0 spiro atoms. The van der Waals surface area contributed by atoms with E-state index in [4.69, 9.17) is 10.5 Å². The van der Waals surface area contributed by atoms with Crippen LogP contribution in [0.15, 0.2) is 0 Å². The first-order valence-electron chi connectivity index (χ1n) is 6.38. The number of ether oxygens (including phenoxy) is 1. The monoisotopic (exact) mass is 248 g/mol. The van der Waals surface area contributed by atoms with Gasteiger partial charge < -0.3 is 15.4 Å². The fourth-order valence-electron chi connectivity index (χ4n) is 2.88. The lowest BCUT2D eigenvalue weighted by Gasteiger charge is -2.33. The predicted molar refractivity (Wildman–Crippen MR) is 69.0 cm³/mol. The van der Waals surface area contributed by atoms with Crippen molar-refractivity contribution in [2.45, 2.75) is 25.7 Å². The van der Waals surface area contributed by atoms with E-state index in [1.54, 1.807) is 0 Å². The van der Waals surface area contributed by atoms with Gasteiger partial charge in [-0.2, -0.15) is 0 Å². The van der Waals surface area contributed by atoms with Gasteiger partial charge in [0.05, 0.1) is 6.61 Å². The molecule has 0 saturated carbocycles. The van der Waals surface area contributed by atoms with E-state index in [-0.39, 0.29) is 12.4 Å². The van der Waals surface area contributed by atoms with Gasteiger partial charge in [-0.15, -0.1) is 12.4 Å². The highest BCUT2D eigenvalue weighted by atomic mass is 35.5. The van der Waals surface area contributed by atoms with E-state index in [9.17, 15) is 0 Å². The molecule has 2 unspecified atom stereocenters. The van der Waals surface area contributed by atoms with Crippen LogP contribution in [-0.4, -0.2) is 44.3 Å². The van der Waals surface area contributed by atoms with Crippen molar-refractivity contribution < 1.29 is 4.74 Å². The van der Waals surface area contributed by atoms with E-state index in [1.807, 2.05) is 0 Å². The molecule has 0 radical (unpaired) electrons. The molecule has 2 aliphatic heterocycles. The maximum absolute atomic E-state index is 5.63. The molecule has 0 aromatic rings. The first-order chi connectivity index (χ1) is 7.38. The van der Waals surface area contributed by atoms with Gasteiger partial charge in [0, 0.05) is 19.7 Å². The smallest absolute Gasteiger partial charge is 0.0507 e. The van der Waals surface area contributed by atoms with Gasteiger partial charge >= 0.3 is 0 Å². The van der Waals surface area contributed by atoms with Gasteiger partial charge in [0.25, 0.3) is 0 Å². The number of hydrogen-bond acceptors (Lipinski definition) is 3. The molecule has 0 aliphatic carbocycles. The largest absolute Gasteiger partial charge is 0.381 e. The van der Waals surface area contributed by atoms with Crippen molar-refractivity contribution in [1.82, 2.24) is 4.90 Å². The maximum atomic E-state index is 5.63. The Labute approximate surface area is 105 Å². The van der Waals surface area contributed by atoms with Crippen molar-refractivity contribution in [3.63, 3.8) is 0 Å². The van der Waals surface area contributed by atoms with Gasteiger partial charge in [-0.25, -0.2) is 0 Å². The normalized spacial score (nSPS) is 31.3. The average molecular weight is 249 g/mol. The number of rotatable bonds is 4. The van der Waals surface area contributed by atoms with Gasteiger partial charge in [-0.1, -0.05) is 0 Å². The fourth-order valence-corrected chi connectivity index (χ4v) is 2.88. The van der Waals surface area contributed by atoms with Crippen molar-refractivity contribution in [3.8, 4) is 0 Å². The van der Waals surface area contributed by atoms with Gasteiger partial charge in [-0.3, -0.25) is 0 Å². The summed E-state index contributed by atoms with van der Waals surface area (Å²) < 4.78 is 5.43. The second kappa shape index (κ2) is 7.49. The molecule has 2 saturated heterocycles. The molecule has 2 N–H and O–H groups in total. The molecule has 0 aromatic carbocycles. The highest BCUT2D eigenvalue weighted by Crippen LogP contribution is 2.22. The molecule has 3 nitrogen and oxygen atoms in total. The molecule has 2 fully saturated rings. The van der Waals surface area contributed by atoms with Crippen LogP contribution in [0.1, 0.15) is 25.7 Å². The van der Waals surface area contributed by atoms with Crippen LogP contribution in [0.3, 0.4) is 0 Å². The number of likely N-dealkylation sites (tertiary alicyclic amines) is 1. The van der Waals surface area contributed by atoms with Crippen LogP contribution < -0.4 is 5.73 Å². The van der Waals surface area contributed by atoms with Crippen LogP contribution >= 0.6 is 12.4 Å². The van der Waals surface area contributed by atoms with Crippen molar-refractivity contribution in [3.05, 3.63) is 0 Å². The minimum atomic E-state index is 0. The first kappa shape index (κ1) is 14.2. The van der Waals surface area contributed by atoms with E-state index in [1.165, 1.54) is 45.3 Å². The summed E-state index contributed by atoms with van der Waals surface area (Å²) in [4.78, 5) is 2.63. The van der Waals surface area contributed by atoms with Crippen LogP contribution in [0.4, 0.5) is 0 Å². The number of nitrogens with two attached hydrogens (primary N) is 1. The summed E-state index contributed by atoms with van der Waals surface area (Å²) in [5.74, 6) is 1.65. The minimum absolute atomic E-state index is 0. The molecule has 2 aliphatic rings. The molecule has 2 atom stereocenters. The van der Waals surface area contributed by atoms with E-state index in [0.29, 0.717) is 0 Å². The third-order valence-electron chi connectivity index (χ3n) is 3.72. The zero-order valence-corrected chi connectivity index (χ0v) is 10.9. The third kappa shape index (κ3) is 4.21. The van der Waals surface area contributed by atoms with Crippen LogP contribution in [0, 0.1) is 11.8 Å². The lowest BCUT2D eigenvalue weighted by Crippen LogP contribution is -2.39. The van der Waals surface area contributed by atoms with Crippen molar-refractivity contribution >= 4 is 12.4 Å². The standard InChI is InChI=1S/C12H24N2O.ClH/c13-5-3-11-2-1-6-14(8-11)9-12-4-7-15-10-12;/h11-12H,1-10,13H2;1H. The number of hydrogen-bond donors (Lipinski definition) is 1. The lowest BCUT2D eigenvalue weighted by molar-refractivity contribution is 0.132. The highest BCUT2D eigenvalue weighted by Gasteiger charge is 2.23. The summed E-state index contributed by atoms with van der Waals surface area (Å²) in [6.07, 6.45) is 5.21. The summed E-state index contributed by atoms with van der Waals surface area (Å²) in [7, 11) is 0. The molecule has 2 rings (SSSR count). The number of halogens is 1. The van der Waals surface area contributed by atoms with Crippen molar-refractivity contribution in [2.75, 3.05) is 39.4 Å². The molecule has 4 heteroatoms. The van der Waals surface area contributed by atoms with Crippen molar-refractivity contribution in [2.24, 2.45) is 17.6 Å². The molecule has 96 valence electrons. The zero-order chi connectivity index (χ0) is 10.5. The van der Waals surface area contributed by atoms with Crippen LogP contribution in [0.5, 0.6) is 0 Å². The third-order valence-corrected chi connectivity index (χ3v) is 3.72. The second-order valence-corrected chi connectivity index (χ2v) is 5.07. The Balaban J connectivity index is 0.00000128. The minimum Gasteiger partial charge on any atom is -0.381 e. The molecule has 2 heterocycles. The van der Waals surface area contributed by atoms with E-state index in [0.717, 1.165) is 31.6 Å². The summed E-state index contributed by atoms with van der Waals surface area (Å²) in [6, 6.07) is 0. The Morgan fingerprint density at radius 2 is 2.12 bits per heavy atom. The summed E-state index contributed by atoms with van der Waals surface area (Å²) >= 11 is 0. The predicted octanol–water partition coefficient (Wildman–Crippen LogP) is 1.51. The van der Waals surface area contributed by atoms with Gasteiger partial charge in [0.2, 0.25) is 0 Å².